The van der Waals surface area contributed by atoms with Gasteiger partial charge < -0.3 is 10.1 Å². The highest BCUT2D eigenvalue weighted by Gasteiger charge is 2.13. The predicted octanol–water partition coefficient (Wildman–Crippen LogP) is 4.42. The first-order valence-corrected chi connectivity index (χ1v) is 8.33. The van der Waals surface area contributed by atoms with Gasteiger partial charge in [-0.25, -0.2) is 0 Å². The lowest BCUT2D eigenvalue weighted by molar-refractivity contribution is 0.101. The lowest BCUT2D eigenvalue weighted by Gasteiger charge is -2.08. The van der Waals surface area contributed by atoms with Crippen molar-refractivity contribution < 1.29 is 9.53 Å². The molecule has 1 amide bonds. The molecule has 0 unspecified atom stereocenters. The van der Waals surface area contributed by atoms with Crippen LogP contribution in [0.5, 0.6) is 11.5 Å². The quantitative estimate of drug-likeness (QED) is 0.725. The Kier molecular flexibility index (Phi) is 5.14. The van der Waals surface area contributed by atoms with Crippen LogP contribution in [0.3, 0.4) is 0 Å². The number of aryl methyl sites for hydroxylation is 2. The zero-order chi connectivity index (χ0) is 17.6. The van der Waals surface area contributed by atoms with E-state index in [1.54, 1.807) is 11.7 Å². The summed E-state index contributed by atoms with van der Waals surface area (Å²) >= 11 is 0. The first-order valence-electron chi connectivity index (χ1n) is 8.33. The van der Waals surface area contributed by atoms with E-state index in [1.165, 1.54) is 0 Å². The zero-order valence-corrected chi connectivity index (χ0v) is 14.4. The van der Waals surface area contributed by atoms with Crippen LogP contribution in [0.2, 0.25) is 0 Å². The molecule has 0 aliphatic heterocycles. The number of para-hydroxylation sites is 1. The van der Waals surface area contributed by atoms with Gasteiger partial charge in [-0.15, -0.1) is 0 Å². The van der Waals surface area contributed by atoms with Crippen molar-refractivity contribution >= 4 is 11.6 Å². The van der Waals surface area contributed by atoms with Gasteiger partial charge in [0.15, 0.2) is 0 Å². The predicted molar refractivity (Wildman–Crippen MR) is 98.1 cm³/mol. The van der Waals surface area contributed by atoms with E-state index in [9.17, 15) is 4.79 Å². The molecule has 128 valence electrons. The van der Waals surface area contributed by atoms with E-state index in [4.69, 9.17) is 4.74 Å². The Morgan fingerprint density at radius 1 is 1.08 bits per heavy atom. The molecule has 0 bridgehead atoms. The van der Waals surface area contributed by atoms with E-state index in [1.807, 2.05) is 60.7 Å². The average Bonchev–Trinajstić information content (AvgIpc) is 2.98. The maximum Gasteiger partial charge on any atom is 0.273 e. The number of hydrogen-bond acceptors (Lipinski definition) is 3. The molecule has 0 radical (unpaired) electrons. The highest BCUT2D eigenvalue weighted by Crippen LogP contribution is 2.22. The maximum atomic E-state index is 12.4. The van der Waals surface area contributed by atoms with Crippen molar-refractivity contribution in [1.82, 2.24) is 9.78 Å². The number of aromatic nitrogens is 2. The van der Waals surface area contributed by atoms with Crippen LogP contribution >= 0.6 is 0 Å². The third kappa shape index (κ3) is 4.26. The van der Waals surface area contributed by atoms with E-state index >= 15 is 0 Å². The molecule has 0 saturated heterocycles. The Morgan fingerprint density at radius 3 is 2.44 bits per heavy atom. The third-order valence-electron chi connectivity index (χ3n) is 3.76. The first kappa shape index (κ1) is 16.8. The smallest absolute Gasteiger partial charge is 0.273 e. The van der Waals surface area contributed by atoms with Gasteiger partial charge in [-0.2, -0.15) is 5.10 Å². The number of amides is 1. The zero-order valence-electron chi connectivity index (χ0n) is 14.4. The van der Waals surface area contributed by atoms with Crippen LogP contribution in [0.25, 0.3) is 0 Å². The number of carbonyl (C=O) groups excluding carboxylic acids is 1. The van der Waals surface area contributed by atoms with Crippen LogP contribution in [0.1, 0.15) is 29.5 Å². The molecule has 0 fully saturated rings. The standard InChI is InChI=1S/C20H21N3O2/c1-3-7-16-14-19(23(2)22-16)20(24)21-15-10-12-18(13-11-15)25-17-8-5-4-6-9-17/h4-6,8-14H,3,7H2,1-2H3,(H,21,24). The second-order valence-electron chi connectivity index (χ2n) is 5.79. The Hall–Kier alpha value is -3.08. The van der Waals surface area contributed by atoms with Crippen molar-refractivity contribution in [1.29, 1.82) is 0 Å². The Labute approximate surface area is 147 Å². The Morgan fingerprint density at radius 2 is 1.76 bits per heavy atom. The van der Waals surface area contributed by atoms with Gasteiger partial charge in [0.25, 0.3) is 5.91 Å². The minimum Gasteiger partial charge on any atom is -0.457 e. The molecule has 0 atom stereocenters. The van der Waals surface area contributed by atoms with Crippen molar-refractivity contribution in [2.24, 2.45) is 7.05 Å². The number of benzene rings is 2. The molecule has 25 heavy (non-hydrogen) atoms. The topological polar surface area (TPSA) is 56.1 Å². The molecule has 0 spiro atoms. The number of anilines is 1. The third-order valence-corrected chi connectivity index (χ3v) is 3.76. The van der Waals surface area contributed by atoms with Crippen LogP contribution in [0.15, 0.2) is 60.7 Å². The summed E-state index contributed by atoms with van der Waals surface area (Å²) in [5, 5.41) is 7.25. The lowest BCUT2D eigenvalue weighted by Crippen LogP contribution is -2.15. The van der Waals surface area contributed by atoms with E-state index in [-0.39, 0.29) is 5.91 Å². The lowest BCUT2D eigenvalue weighted by atomic mass is 10.2. The normalized spacial score (nSPS) is 10.5. The summed E-state index contributed by atoms with van der Waals surface area (Å²) in [7, 11) is 1.78. The molecule has 0 aliphatic rings. The summed E-state index contributed by atoms with van der Waals surface area (Å²) in [6.07, 6.45) is 1.87. The molecule has 1 heterocycles. The van der Waals surface area contributed by atoms with Crippen molar-refractivity contribution in [3.8, 4) is 11.5 Å². The molecule has 3 aromatic rings. The summed E-state index contributed by atoms with van der Waals surface area (Å²) in [5.74, 6) is 1.32. The van der Waals surface area contributed by atoms with Gasteiger partial charge in [-0.1, -0.05) is 31.5 Å². The number of hydrogen-bond donors (Lipinski definition) is 1. The van der Waals surface area contributed by atoms with Gasteiger partial charge >= 0.3 is 0 Å². The van der Waals surface area contributed by atoms with Crippen molar-refractivity contribution in [3.05, 3.63) is 72.1 Å². The van der Waals surface area contributed by atoms with E-state index in [2.05, 4.69) is 17.3 Å². The van der Waals surface area contributed by atoms with E-state index in [0.717, 1.165) is 30.0 Å². The van der Waals surface area contributed by atoms with Gasteiger partial charge in [0.2, 0.25) is 0 Å². The molecule has 2 aromatic carbocycles. The maximum absolute atomic E-state index is 12.4. The van der Waals surface area contributed by atoms with Gasteiger partial charge in [0.05, 0.1) is 5.69 Å². The van der Waals surface area contributed by atoms with Crippen LogP contribution in [0.4, 0.5) is 5.69 Å². The average molecular weight is 335 g/mol. The summed E-state index contributed by atoms with van der Waals surface area (Å²) in [6.45, 7) is 2.09. The number of carbonyl (C=O) groups is 1. The minimum atomic E-state index is -0.172. The van der Waals surface area contributed by atoms with Crippen molar-refractivity contribution in [2.45, 2.75) is 19.8 Å². The van der Waals surface area contributed by atoms with Gasteiger partial charge in [0, 0.05) is 12.7 Å². The van der Waals surface area contributed by atoms with Crippen LogP contribution in [-0.4, -0.2) is 15.7 Å². The number of nitrogens with one attached hydrogen (secondary N) is 1. The fraction of sp³-hybridized carbons (Fsp3) is 0.200. The van der Waals surface area contributed by atoms with Gasteiger partial charge in [0.1, 0.15) is 17.2 Å². The van der Waals surface area contributed by atoms with E-state index in [0.29, 0.717) is 11.4 Å². The summed E-state index contributed by atoms with van der Waals surface area (Å²) in [5.41, 5.74) is 2.19. The minimum absolute atomic E-state index is 0.172. The second-order valence-corrected chi connectivity index (χ2v) is 5.79. The van der Waals surface area contributed by atoms with Crippen LogP contribution in [-0.2, 0) is 13.5 Å². The molecule has 0 saturated carbocycles. The molecule has 1 N–H and O–H groups in total. The molecule has 5 nitrogen and oxygen atoms in total. The molecular weight excluding hydrogens is 314 g/mol. The van der Waals surface area contributed by atoms with Crippen LogP contribution < -0.4 is 10.1 Å². The van der Waals surface area contributed by atoms with Crippen molar-refractivity contribution in [3.63, 3.8) is 0 Å². The van der Waals surface area contributed by atoms with Gasteiger partial charge in [-0.05, 0) is 48.9 Å². The SMILES string of the molecule is CCCc1cc(C(=O)Nc2ccc(Oc3ccccc3)cc2)n(C)n1. The highest BCUT2D eigenvalue weighted by molar-refractivity contribution is 6.03. The summed E-state index contributed by atoms with van der Waals surface area (Å²) in [6, 6.07) is 18.7. The largest absolute Gasteiger partial charge is 0.457 e. The highest BCUT2D eigenvalue weighted by atomic mass is 16.5. The summed E-state index contributed by atoms with van der Waals surface area (Å²) < 4.78 is 7.36. The molecule has 0 aliphatic carbocycles. The first-order chi connectivity index (χ1) is 12.2. The summed E-state index contributed by atoms with van der Waals surface area (Å²) in [4.78, 5) is 12.4. The number of ether oxygens (including phenoxy) is 1. The van der Waals surface area contributed by atoms with Crippen molar-refractivity contribution in [2.75, 3.05) is 5.32 Å². The Bertz CT molecular complexity index is 839. The van der Waals surface area contributed by atoms with E-state index < -0.39 is 0 Å². The number of rotatable bonds is 6. The van der Waals surface area contributed by atoms with Crippen LogP contribution in [0, 0.1) is 0 Å². The molecular formula is C20H21N3O2. The molecule has 1 aromatic heterocycles. The number of nitrogens with zero attached hydrogens (tertiary/aromatic N) is 2. The fourth-order valence-electron chi connectivity index (χ4n) is 2.54. The second kappa shape index (κ2) is 7.66. The monoisotopic (exact) mass is 335 g/mol. The fourth-order valence-corrected chi connectivity index (χ4v) is 2.54. The molecule has 5 heteroatoms. The Balaban J connectivity index is 1.66. The van der Waals surface area contributed by atoms with Gasteiger partial charge in [-0.3, -0.25) is 9.48 Å². The molecule has 3 rings (SSSR count).